The lowest BCUT2D eigenvalue weighted by molar-refractivity contribution is 0.0948. The van der Waals surface area contributed by atoms with Crippen LogP contribution in [0.5, 0.6) is 11.5 Å². The summed E-state index contributed by atoms with van der Waals surface area (Å²) in [6.07, 6.45) is 0. The number of thiophene rings is 1. The maximum absolute atomic E-state index is 11.8. The van der Waals surface area contributed by atoms with Crippen LogP contribution >= 0.6 is 11.3 Å². The zero-order valence-corrected chi connectivity index (χ0v) is 10.6. The van der Waals surface area contributed by atoms with Crippen LogP contribution < -0.4 is 5.32 Å². The number of rotatable bonds is 3. The van der Waals surface area contributed by atoms with Gasteiger partial charge in [-0.15, -0.1) is 11.3 Å². The maximum Gasteiger partial charge on any atom is 0.255 e. The fourth-order valence-corrected chi connectivity index (χ4v) is 2.39. The van der Waals surface area contributed by atoms with E-state index in [1.807, 2.05) is 19.1 Å². The summed E-state index contributed by atoms with van der Waals surface area (Å²) in [5, 5.41) is 21.6. The molecule has 0 spiro atoms. The van der Waals surface area contributed by atoms with Crippen LogP contribution in [0.25, 0.3) is 0 Å². The standard InChI is InChI=1S/C13H13NO3S/c1-8-5-6-9(18-8)7-14-13(17)10-3-2-4-11(15)12(10)16/h2-6,15-16H,7H2,1H3,(H,14,17). The van der Waals surface area contributed by atoms with E-state index in [1.165, 1.54) is 23.1 Å². The molecule has 2 rings (SSSR count). The predicted molar refractivity (Wildman–Crippen MR) is 70.0 cm³/mol. The molecule has 0 aliphatic heterocycles. The number of hydrogen-bond donors (Lipinski definition) is 3. The first-order valence-corrected chi connectivity index (χ1v) is 6.24. The second kappa shape index (κ2) is 5.10. The van der Waals surface area contributed by atoms with Gasteiger partial charge >= 0.3 is 0 Å². The summed E-state index contributed by atoms with van der Waals surface area (Å²) in [5.41, 5.74) is 0.0725. The SMILES string of the molecule is Cc1ccc(CNC(=O)c2cccc(O)c2O)s1. The van der Waals surface area contributed by atoms with E-state index < -0.39 is 11.7 Å². The number of amides is 1. The van der Waals surface area contributed by atoms with E-state index >= 15 is 0 Å². The van der Waals surface area contributed by atoms with E-state index in [-0.39, 0.29) is 11.3 Å². The van der Waals surface area contributed by atoms with Crippen molar-refractivity contribution in [3.05, 3.63) is 45.6 Å². The number of hydrogen-bond acceptors (Lipinski definition) is 4. The first kappa shape index (κ1) is 12.4. The summed E-state index contributed by atoms with van der Waals surface area (Å²) < 4.78 is 0. The van der Waals surface area contributed by atoms with Crippen molar-refractivity contribution in [1.29, 1.82) is 0 Å². The zero-order chi connectivity index (χ0) is 13.1. The lowest BCUT2D eigenvalue weighted by Crippen LogP contribution is -2.22. The van der Waals surface area contributed by atoms with Crippen molar-refractivity contribution in [1.82, 2.24) is 5.32 Å². The van der Waals surface area contributed by atoms with E-state index in [9.17, 15) is 15.0 Å². The van der Waals surface area contributed by atoms with Crippen LogP contribution in [0, 0.1) is 6.92 Å². The number of aryl methyl sites for hydroxylation is 1. The highest BCUT2D eigenvalue weighted by Gasteiger charge is 2.13. The summed E-state index contributed by atoms with van der Waals surface area (Å²) in [5.74, 6) is -1.10. The van der Waals surface area contributed by atoms with E-state index in [0.717, 1.165) is 4.88 Å². The van der Waals surface area contributed by atoms with Gasteiger partial charge in [-0.25, -0.2) is 0 Å². The number of carbonyl (C=O) groups is 1. The smallest absolute Gasteiger partial charge is 0.255 e. The van der Waals surface area contributed by atoms with Gasteiger partial charge in [0, 0.05) is 9.75 Å². The van der Waals surface area contributed by atoms with Crippen LogP contribution in [-0.2, 0) is 6.54 Å². The van der Waals surface area contributed by atoms with E-state index in [1.54, 1.807) is 11.3 Å². The molecule has 0 atom stereocenters. The minimum atomic E-state index is -0.408. The van der Waals surface area contributed by atoms with Gasteiger partial charge in [-0.05, 0) is 31.2 Å². The van der Waals surface area contributed by atoms with Gasteiger partial charge in [0.25, 0.3) is 5.91 Å². The number of para-hydroxylation sites is 1. The van der Waals surface area contributed by atoms with E-state index in [4.69, 9.17) is 0 Å². The van der Waals surface area contributed by atoms with Crippen molar-refractivity contribution in [2.75, 3.05) is 0 Å². The van der Waals surface area contributed by atoms with Crippen molar-refractivity contribution < 1.29 is 15.0 Å². The minimum Gasteiger partial charge on any atom is -0.504 e. The van der Waals surface area contributed by atoms with Crippen molar-refractivity contribution in [2.45, 2.75) is 13.5 Å². The molecular formula is C13H13NO3S. The molecule has 0 bridgehead atoms. The van der Waals surface area contributed by atoms with Gasteiger partial charge in [-0.1, -0.05) is 6.07 Å². The van der Waals surface area contributed by atoms with Crippen LogP contribution in [0.4, 0.5) is 0 Å². The third-order valence-corrected chi connectivity index (χ3v) is 3.48. The van der Waals surface area contributed by atoms with E-state index in [2.05, 4.69) is 5.32 Å². The first-order chi connectivity index (χ1) is 8.58. The number of aromatic hydroxyl groups is 2. The number of benzene rings is 1. The lowest BCUT2D eigenvalue weighted by Gasteiger charge is -2.06. The number of carbonyl (C=O) groups excluding carboxylic acids is 1. The van der Waals surface area contributed by atoms with Crippen molar-refractivity contribution in [3.8, 4) is 11.5 Å². The van der Waals surface area contributed by atoms with Crippen LogP contribution in [0.3, 0.4) is 0 Å². The van der Waals surface area contributed by atoms with Crippen molar-refractivity contribution >= 4 is 17.2 Å². The Morgan fingerprint density at radius 2 is 2.06 bits per heavy atom. The molecule has 5 heteroatoms. The molecule has 0 saturated carbocycles. The maximum atomic E-state index is 11.8. The average molecular weight is 263 g/mol. The molecule has 1 heterocycles. The van der Waals surface area contributed by atoms with Gasteiger partial charge in [0.15, 0.2) is 11.5 Å². The van der Waals surface area contributed by atoms with Gasteiger partial charge in [0.1, 0.15) is 0 Å². The zero-order valence-electron chi connectivity index (χ0n) is 9.80. The molecule has 1 aromatic carbocycles. The molecule has 3 N–H and O–H groups in total. The van der Waals surface area contributed by atoms with Crippen molar-refractivity contribution in [3.63, 3.8) is 0 Å². The Kier molecular flexibility index (Phi) is 3.53. The van der Waals surface area contributed by atoms with Crippen LogP contribution in [0.15, 0.2) is 30.3 Å². The van der Waals surface area contributed by atoms with Crippen LogP contribution in [0.1, 0.15) is 20.1 Å². The molecule has 0 aliphatic carbocycles. The third-order valence-electron chi connectivity index (χ3n) is 2.48. The largest absolute Gasteiger partial charge is 0.504 e. The molecule has 0 unspecified atom stereocenters. The number of nitrogens with one attached hydrogen (secondary N) is 1. The molecule has 1 aromatic heterocycles. The molecule has 4 nitrogen and oxygen atoms in total. The molecule has 94 valence electrons. The molecule has 0 fully saturated rings. The topological polar surface area (TPSA) is 69.6 Å². The fourth-order valence-electron chi connectivity index (χ4n) is 1.56. The normalized spacial score (nSPS) is 10.3. The van der Waals surface area contributed by atoms with Crippen molar-refractivity contribution in [2.24, 2.45) is 0 Å². The molecule has 0 aliphatic rings. The molecule has 1 amide bonds. The molecule has 2 aromatic rings. The highest BCUT2D eigenvalue weighted by molar-refractivity contribution is 7.11. The van der Waals surface area contributed by atoms with E-state index in [0.29, 0.717) is 6.54 Å². The van der Waals surface area contributed by atoms with Crippen LogP contribution in [0.2, 0.25) is 0 Å². The number of phenols is 2. The average Bonchev–Trinajstić information content (AvgIpc) is 2.76. The Labute approximate surface area is 109 Å². The molecule has 0 saturated heterocycles. The summed E-state index contributed by atoms with van der Waals surface area (Å²) in [6, 6.07) is 8.23. The van der Waals surface area contributed by atoms with Gasteiger partial charge in [-0.2, -0.15) is 0 Å². The van der Waals surface area contributed by atoms with Crippen LogP contribution in [-0.4, -0.2) is 16.1 Å². The third kappa shape index (κ3) is 2.62. The quantitative estimate of drug-likeness (QED) is 0.745. The Morgan fingerprint density at radius 1 is 1.28 bits per heavy atom. The Bertz CT molecular complexity index is 577. The molecule has 0 radical (unpaired) electrons. The van der Waals surface area contributed by atoms with Gasteiger partial charge in [0.05, 0.1) is 12.1 Å². The second-order valence-corrected chi connectivity index (χ2v) is 5.24. The highest BCUT2D eigenvalue weighted by atomic mass is 32.1. The first-order valence-electron chi connectivity index (χ1n) is 5.42. The lowest BCUT2D eigenvalue weighted by atomic mass is 10.1. The number of phenolic OH excluding ortho intramolecular Hbond substituents is 2. The summed E-state index contributed by atoms with van der Waals surface area (Å²) in [7, 11) is 0. The molecular weight excluding hydrogens is 250 g/mol. The fraction of sp³-hybridized carbons (Fsp3) is 0.154. The van der Waals surface area contributed by atoms with Gasteiger partial charge in [0.2, 0.25) is 0 Å². The Morgan fingerprint density at radius 3 is 2.72 bits per heavy atom. The minimum absolute atomic E-state index is 0.0725. The second-order valence-electron chi connectivity index (χ2n) is 3.87. The Hall–Kier alpha value is -2.01. The monoisotopic (exact) mass is 263 g/mol. The highest BCUT2D eigenvalue weighted by Crippen LogP contribution is 2.28. The summed E-state index contributed by atoms with van der Waals surface area (Å²) >= 11 is 1.61. The molecule has 18 heavy (non-hydrogen) atoms. The van der Waals surface area contributed by atoms with Gasteiger partial charge < -0.3 is 15.5 Å². The van der Waals surface area contributed by atoms with Gasteiger partial charge in [-0.3, -0.25) is 4.79 Å². The Balaban J connectivity index is 2.06. The predicted octanol–water partition coefficient (Wildman–Crippen LogP) is 2.40. The summed E-state index contributed by atoms with van der Waals surface area (Å²) in [6.45, 7) is 2.41. The summed E-state index contributed by atoms with van der Waals surface area (Å²) in [4.78, 5) is 14.0.